The Hall–Kier alpha value is -2.38. The van der Waals surface area contributed by atoms with Gasteiger partial charge in [0.1, 0.15) is 5.82 Å². The first-order valence-corrected chi connectivity index (χ1v) is 9.30. The number of pyridine rings is 1. The largest absolute Gasteiger partial charge is 0.419 e. The van der Waals surface area contributed by atoms with Crippen LogP contribution >= 0.6 is 0 Å². The summed E-state index contributed by atoms with van der Waals surface area (Å²) >= 11 is 0. The predicted octanol–water partition coefficient (Wildman–Crippen LogP) is 4.13. The van der Waals surface area contributed by atoms with E-state index in [9.17, 15) is 18.0 Å². The fourth-order valence-corrected chi connectivity index (χ4v) is 3.71. The molecule has 2 aromatic heterocycles. The van der Waals surface area contributed by atoms with Gasteiger partial charge in [-0.2, -0.15) is 18.3 Å². The molecule has 2 aliphatic rings. The predicted molar refractivity (Wildman–Crippen MR) is 94.6 cm³/mol. The highest BCUT2D eigenvalue weighted by molar-refractivity contribution is 5.46. The van der Waals surface area contributed by atoms with Crippen LogP contribution in [0.1, 0.15) is 61.7 Å². The Balaban J connectivity index is 1.43. The molecule has 2 saturated carbocycles. The molecule has 0 spiro atoms. The number of hydrogen-bond donors (Lipinski definition) is 1. The molecule has 4 rings (SSSR count). The number of halogens is 3. The Kier molecular flexibility index (Phi) is 4.65. The van der Waals surface area contributed by atoms with Gasteiger partial charge in [-0.05, 0) is 56.7 Å². The minimum absolute atomic E-state index is 0.0000639. The van der Waals surface area contributed by atoms with Crippen LogP contribution in [-0.4, -0.2) is 20.8 Å². The Labute approximate surface area is 154 Å². The molecule has 0 aliphatic heterocycles. The quantitative estimate of drug-likeness (QED) is 0.869. The Morgan fingerprint density at radius 1 is 1.04 bits per heavy atom. The van der Waals surface area contributed by atoms with Gasteiger partial charge in [-0.25, -0.2) is 9.67 Å². The minimum Gasteiger partial charge on any atom is -0.367 e. The molecule has 0 amide bonds. The van der Waals surface area contributed by atoms with Crippen LogP contribution in [0.2, 0.25) is 0 Å². The number of aromatic nitrogens is 3. The lowest BCUT2D eigenvalue weighted by atomic mass is 9.91. The zero-order valence-corrected chi connectivity index (χ0v) is 14.7. The van der Waals surface area contributed by atoms with E-state index in [1.54, 1.807) is 10.7 Å². The first-order valence-electron chi connectivity index (χ1n) is 9.30. The van der Waals surface area contributed by atoms with Crippen LogP contribution in [-0.2, 0) is 6.18 Å². The number of alkyl halides is 3. The number of hydrogen-bond acceptors (Lipinski definition) is 4. The number of rotatable bonds is 4. The zero-order valence-electron chi connectivity index (χ0n) is 14.7. The fraction of sp³-hybridized carbons (Fsp3) is 0.526. The molecule has 5 nitrogen and oxygen atoms in total. The maximum Gasteiger partial charge on any atom is 0.419 e. The van der Waals surface area contributed by atoms with Crippen LogP contribution in [0.3, 0.4) is 0 Å². The minimum atomic E-state index is -4.44. The number of nitrogens with one attached hydrogen (secondary N) is 1. The monoisotopic (exact) mass is 378 g/mol. The van der Waals surface area contributed by atoms with Crippen molar-refractivity contribution in [3.63, 3.8) is 0 Å². The smallest absolute Gasteiger partial charge is 0.367 e. The van der Waals surface area contributed by atoms with Crippen molar-refractivity contribution in [2.45, 2.75) is 62.7 Å². The van der Waals surface area contributed by atoms with E-state index in [2.05, 4.69) is 15.4 Å². The lowest BCUT2D eigenvalue weighted by Crippen LogP contribution is -2.34. The van der Waals surface area contributed by atoms with Crippen molar-refractivity contribution < 1.29 is 13.2 Å². The highest BCUT2D eigenvalue weighted by Crippen LogP contribution is 2.39. The van der Waals surface area contributed by atoms with Crippen LogP contribution in [0, 0.1) is 0 Å². The summed E-state index contributed by atoms with van der Waals surface area (Å²) in [6.07, 6.45) is 1.89. The molecule has 2 aromatic rings. The van der Waals surface area contributed by atoms with Crippen molar-refractivity contribution in [2.75, 3.05) is 5.32 Å². The van der Waals surface area contributed by atoms with Gasteiger partial charge in [-0.3, -0.25) is 4.79 Å². The highest BCUT2D eigenvalue weighted by atomic mass is 19.4. The van der Waals surface area contributed by atoms with Crippen LogP contribution in [0.15, 0.2) is 35.3 Å². The molecule has 0 unspecified atom stereocenters. The van der Waals surface area contributed by atoms with Gasteiger partial charge in [0.25, 0.3) is 5.56 Å². The van der Waals surface area contributed by atoms with E-state index in [-0.39, 0.29) is 23.5 Å². The van der Waals surface area contributed by atoms with Crippen molar-refractivity contribution in [3.8, 4) is 0 Å². The molecule has 0 radical (unpaired) electrons. The van der Waals surface area contributed by atoms with E-state index in [4.69, 9.17) is 0 Å². The summed E-state index contributed by atoms with van der Waals surface area (Å²) in [6, 6.07) is 5.61. The SMILES string of the molecule is O=c1ccc(C2CC2)nn1C1CCC(Nc2ncccc2C(F)(F)F)CC1. The van der Waals surface area contributed by atoms with Crippen LogP contribution in [0.5, 0.6) is 0 Å². The molecule has 0 aromatic carbocycles. The molecule has 27 heavy (non-hydrogen) atoms. The molecule has 2 fully saturated rings. The molecule has 1 N–H and O–H groups in total. The van der Waals surface area contributed by atoms with Crippen molar-refractivity contribution in [1.82, 2.24) is 14.8 Å². The van der Waals surface area contributed by atoms with Gasteiger partial charge in [0, 0.05) is 24.2 Å². The zero-order chi connectivity index (χ0) is 19.0. The topological polar surface area (TPSA) is 59.8 Å². The Morgan fingerprint density at radius 2 is 1.78 bits per heavy atom. The van der Waals surface area contributed by atoms with Gasteiger partial charge in [0.15, 0.2) is 0 Å². The summed E-state index contributed by atoms with van der Waals surface area (Å²) < 4.78 is 40.9. The van der Waals surface area contributed by atoms with Gasteiger partial charge in [-0.15, -0.1) is 0 Å². The maximum atomic E-state index is 13.1. The molecule has 8 heteroatoms. The summed E-state index contributed by atoms with van der Waals surface area (Å²) in [7, 11) is 0. The Bertz CT molecular complexity index is 868. The van der Waals surface area contributed by atoms with Crippen molar-refractivity contribution >= 4 is 5.82 Å². The second kappa shape index (κ2) is 6.98. The van der Waals surface area contributed by atoms with E-state index in [0.717, 1.165) is 24.6 Å². The molecule has 0 saturated heterocycles. The first-order chi connectivity index (χ1) is 12.9. The average Bonchev–Trinajstić information content (AvgIpc) is 3.48. The first kappa shape index (κ1) is 18.0. The van der Waals surface area contributed by atoms with Crippen molar-refractivity contribution in [1.29, 1.82) is 0 Å². The molecule has 2 heterocycles. The lowest BCUT2D eigenvalue weighted by molar-refractivity contribution is -0.137. The molecule has 0 bridgehead atoms. The number of nitrogens with zero attached hydrogens (tertiary/aromatic N) is 3. The van der Waals surface area contributed by atoms with E-state index in [0.29, 0.717) is 31.6 Å². The average molecular weight is 378 g/mol. The standard InChI is InChI=1S/C19H21F3N4O/c20-19(21,22)15-2-1-11-23-18(15)24-13-5-7-14(8-6-13)26-17(27)10-9-16(25-26)12-3-4-12/h1-2,9-14H,3-8H2,(H,23,24). The summed E-state index contributed by atoms with van der Waals surface area (Å²) in [5.74, 6) is 0.347. The summed E-state index contributed by atoms with van der Waals surface area (Å²) in [4.78, 5) is 16.1. The fourth-order valence-electron chi connectivity index (χ4n) is 3.71. The normalized spacial score (nSPS) is 23.2. The van der Waals surface area contributed by atoms with Gasteiger partial charge >= 0.3 is 6.18 Å². The highest BCUT2D eigenvalue weighted by Gasteiger charge is 2.35. The van der Waals surface area contributed by atoms with E-state index in [1.165, 1.54) is 12.3 Å². The molecule has 144 valence electrons. The lowest BCUT2D eigenvalue weighted by Gasteiger charge is -2.30. The molecule has 2 aliphatic carbocycles. The summed E-state index contributed by atoms with van der Waals surface area (Å²) in [6.45, 7) is 0. The molecule has 0 atom stereocenters. The van der Waals surface area contributed by atoms with E-state index >= 15 is 0 Å². The van der Waals surface area contributed by atoms with Gasteiger partial charge in [-0.1, -0.05) is 0 Å². The van der Waals surface area contributed by atoms with Gasteiger partial charge < -0.3 is 5.32 Å². The second-order valence-electron chi connectivity index (χ2n) is 7.36. The summed E-state index contributed by atoms with van der Waals surface area (Å²) in [5, 5.41) is 7.48. The third kappa shape index (κ3) is 3.99. The third-order valence-corrected chi connectivity index (χ3v) is 5.34. The van der Waals surface area contributed by atoms with Gasteiger partial charge in [0.05, 0.1) is 17.3 Å². The second-order valence-corrected chi connectivity index (χ2v) is 7.36. The van der Waals surface area contributed by atoms with Crippen LogP contribution < -0.4 is 10.9 Å². The van der Waals surface area contributed by atoms with E-state index in [1.807, 2.05) is 6.07 Å². The van der Waals surface area contributed by atoms with Crippen LogP contribution in [0.25, 0.3) is 0 Å². The van der Waals surface area contributed by atoms with Crippen LogP contribution in [0.4, 0.5) is 19.0 Å². The third-order valence-electron chi connectivity index (χ3n) is 5.34. The Morgan fingerprint density at radius 3 is 2.44 bits per heavy atom. The number of anilines is 1. The van der Waals surface area contributed by atoms with E-state index < -0.39 is 11.7 Å². The van der Waals surface area contributed by atoms with Crippen molar-refractivity contribution in [2.24, 2.45) is 0 Å². The molecular weight excluding hydrogens is 357 g/mol. The van der Waals surface area contributed by atoms with Crippen molar-refractivity contribution in [3.05, 3.63) is 52.1 Å². The molecular formula is C19H21F3N4O. The summed E-state index contributed by atoms with van der Waals surface area (Å²) in [5.41, 5.74) is 0.111. The maximum absolute atomic E-state index is 13.1. The van der Waals surface area contributed by atoms with Gasteiger partial charge in [0.2, 0.25) is 0 Å².